The Morgan fingerprint density at radius 2 is 2.10 bits per heavy atom. The fourth-order valence-corrected chi connectivity index (χ4v) is 3.34. The predicted molar refractivity (Wildman–Crippen MR) is 83.1 cm³/mol. The van der Waals surface area contributed by atoms with Crippen molar-refractivity contribution in [2.75, 3.05) is 44.2 Å². The third-order valence-electron chi connectivity index (χ3n) is 4.73. The predicted octanol–water partition coefficient (Wildman–Crippen LogP) is 1.59. The summed E-state index contributed by atoms with van der Waals surface area (Å²) in [6, 6.07) is 6.85. The minimum absolute atomic E-state index is 0.685. The van der Waals surface area contributed by atoms with Crippen LogP contribution in [0.4, 0.5) is 5.82 Å². The van der Waals surface area contributed by atoms with Gasteiger partial charge in [-0.05, 0) is 37.4 Å². The van der Waals surface area contributed by atoms with E-state index in [1.165, 1.54) is 25.9 Å². The smallest absolute Gasteiger partial charge is 0.128 e. The molecule has 3 rings (SSSR count). The number of piperidine rings is 1. The standard InChI is InChI=1S/C16H26N4/c1-14-5-4-8-17-15(14)13-19-9-11-20(12-10-19)16-6-2-3-7-18-16/h2-3,6-7,14-15,17H,4-5,8-13H2,1H3. The number of rotatable bonds is 3. The van der Waals surface area contributed by atoms with Crippen molar-refractivity contribution in [3.63, 3.8) is 0 Å². The fourth-order valence-electron chi connectivity index (χ4n) is 3.34. The van der Waals surface area contributed by atoms with Gasteiger partial charge in [0, 0.05) is 45.0 Å². The molecule has 0 bridgehead atoms. The molecule has 1 aromatic heterocycles. The Balaban J connectivity index is 1.49. The lowest BCUT2D eigenvalue weighted by molar-refractivity contribution is 0.183. The molecule has 1 N–H and O–H groups in total. The highest BCUT2D eigenvalue weighted by Gasteiger charge is 2.25. The summed E-state index contributed by atoms with van der Waals surface area (Å²) in [5.41, 5.74) is 0. The topological polar surface area (TPSA) is 31.4 Å². The average molecular weight is 274 g/mol. The highest BCUT2D eigenvalue weighted by atomic mass is 15.3. The summed E-state index contributed by atoms with van der Waals surface area (Å²) in [4.78, 5) is 9.46. The van der Waals surface area contributed by atoms with Crippen LogP contribution in [-0.4, -0.2) is 55.2 Å². The van der Waals surface area contributed by atoms with Crippen LogP contribution in [0, 0.1) is 5.92 Å². The molecule has 2 saturated heterocycles. The number of nitrogens with zero attached hydrogens (tertiary/aromatic N) is 3. The number of aromatic nitrogens is 1. The van der Waals surface area contributed by atoms with Crippen molar-refractivity contribution in [2.24, 2.45) is 5.92 Å². The highest BCUT2D eigenvalue weighted by Crippen LogP contribution is 2.18. The zero-order valence-corrected chi connectivity index (χ0v) is 12.5. The lowest BCUT2D eigenvalue weighted by atomic mass is 9.92. The second-order valence-electron chi connectivity index (χ2n) is 6.16. The number of hydrogen-bond donors (Lipinski definition) is 1. The number of nitrogens with one attached hydrogen (secondary N) is 1. The Morgan fingerprint density at radius 3 is 2.80 bits per heavy atom. The summed E-state index contributed by atoms with van der Waals surface area (Å²) >= 11 is 0. The largest absolute Gasteiger partial charge is 0.354 e. The molecule has 3 heterocycles. The van der Waals surface area contributed by atoms with Gasteiger partial charge in [0.2, 0.25) is 0 Å². The number of pyridine rings is 1. The molecule has 2 fully saturated rings. The SMILES string of the molecule is CC1CCCNC1CN1CCN(c2ccccn2)CC1. The molecule has 0 spiro atoms. The van der Waals surface area contributed by atoms with Crippen molar-refractivity contribution >= 4 is 5.82 Å². The van der Waals surface area contributed by atoms with Crippen molar-refractivity contribution in [3.05, 3.63) is 24.4 Å². The molecule has 1 aromatic rings. The van der Waals surface area contributed by atoms with Crippen LogP contribution in [0.3, 0.4) is 0 Å². The molecular weight excluding hydrogens is 248 g/mol. The van der Waals surface area contributed by atoms with Gasteiger partial charge in [0.05, 0.1) is 0 Å². The molecule has 0 amide bonds. The third-order valence-corrected chi connectivity index (χ3v) is 4.73. The van der Waals surface area contributed by atoms with Crippen molar-refractivity contribution in [2.45, 2.75) is 25.8 Å². The van der Waals surface area contributed by atoms with Gasteiger partial charge in [-0.3, -0.25) is 4.90 Å². The van der Waals surface area contributed by atoms with E-state index < -0.39 is 0 Å². The van der Waals surface area contributed by atoms with E-state index in [2.05, 4.69) is 39.2 Å². The normalized spacial score (nSPS) is 28.6. The van der Waals surface area contributed by atoms with Crippen LogP contribution in [-0.2, 0) is 0 Å². The van der Waals surface area contributed by atoms with Gasteiger partial charge in [-0.25, -0.2) is 4.98 Å². The average Bonchev–Trinajstić information content (AvgIpc) is 2.51. The first kappa shape index (κ1) is 13.8. The van der Waals surface area contributed by atoms with Gasteiger partial charge >= 0.3 is 0 Å². The molecule has 2 aliphatic rings. The molecule has 2 unspecified atom stereocenters. The Hall–Kier alpha value is -1.13. The Kier molecular flexibility index (Phi) is 4.53. The van der Waals surface area contributed by atoms with Crippen LogP contribution in [0.25, 0.3) is 0 Å². The van der Waals surface area contributed by atoms with Crippen LogP contribution in [0.1, 0.15) is 19.8 Å². The van der Waals surface area contributed by atoms with E-state index in [-0.39, 0.29) is 0 Å². The molecule has 110 valence electrons. The van der Waals surface area contributed by atoms with Crippen LogP contribution < -0.4 is 10.2 Å². The molecule has 20 heavy (non-hydrogen) atoms. The van der Waals surface area contributed by atoms with Crippen LogP contribution in [0.5, 0.6) is 0 Å². The molecule has 0 aliphatic carbocycles. The monoisotopic (exact) mass is 274 g/mol. The van der Waals surface area contributed by atoms with Crippen molar-refractivity contribution in [1.29, 1.82) is 0 Å². The maximum atomic E-state index is 4.45. The van der Waals surface area contributed by atoms with E-state index in [0.717, 1.165) is 37.9 Å². The fraction of sp³-hybridized carbons (Fsp3) is 0.688. The molecular formula is C16H26N4. The summed E-state index contributed by atoms with van der Waals surface area (Å²) in [5.74, 6) is 1.94. The van der Waals surface area contributed by atoms with E-state index in [0.29, 0.717) is 6.04 Å². The zero-order valence-electron chi connectivity index (χ0n) is 12.5. The van der Waals surface area contributed by atoms with E-state index in [4.69, 9.17) is 0 Å². The number of piperazine rings is 1. The molecule has 0 radical (unpaired) electrons. The third kappa shape index (κ3) is 3.30. The Labute approximate surface area is 122 Å². The Bertz CT molecular complexity index is 400. The second kappa shape index (κ2) is 6.55. The maximum absolute atomic E-state index is 4.45. The molecule has 0 aromatic carbocycles. The van der Waals surface area contributed by atoms with E-state index >= 15 is 0 Å². The van der Waals surface area contributed by atoms with Gasteiger partial charge in [0.25, 0.3) is 0 Å². The maximum Gasteiger partial charge on any atom is 0.128 e. The first-order chi connectivity index (χ1) is 9.83. The van der Waals surface area contributed by atoms with Crippen molar-refractivity contribution in [1.82, 2.24) is 15.2 Å². The minimum atomic E-state index is 0.685. The number of anilines is 1. The molecule has 2 atom stereocenters. The van der Waals surface area contributed by atoms with E-state index in [1.54, 1.807) is 0 Å². The van der Waals surface area contributed by atoms with Gasteiger partial charge in [0.1, 0.15) is 5.82 Å². The summed E-state index contributed by atoms with van der Waals surface area (Å²) in [5, 5.41) is 3.69. The summed E-state index contributed by atoms with van der Waals surface area (Å²) in [6.45, 7) is 9.29. The minimum Gasteiger partial charge on any atom is -0.354 e. The molecule has 4 heteroatoms. The number of hydrogen-bond acceptors (Lipinski definition) is 4. The lowest BCUT2D eigenvalue weighted by Crippen LogP contribution is -2.53. The van der Waals surface area contributed by atoms with Crippen molar-refractivity contribution < 1.29 is 0 Å². The Morgan fingerprint density at radius 1 is 1.25 bits per heavy atom. The lowest BCUT2D eigenvalue weighted by Gasteiger charge is -2.39. The van der Waals surface area contributed by atoms with Crippen LogP contribution >= 0.6 is 0 Å². The van der Waals surface area contributed by atoms with E-state index in [9.17, 15) is 0 Å². The quantitative estimate of drug-likeness (QED) is 0.907. The molecule has 2 aliphatic heterocycles. The summed E-state index contributed by atoms with van der Waals surface area (Å²) in [6.07, 6.45) is 4.60. The van der Waals surface area contributed by atoms with Gasteiger partial charge in [-0.2, -0.15) is 0 Å². The first-order valence-corrected chi connectivity index (χ1v) is 7.94. The van der Waals surface area contributed by atoms with Crippen molar-refractivity contribution in [3.8, 4) is 0 Å². The van der Waals surface area contributed by atoms with Gasteiger partial charge in [0.15, 0.2) is 0 Å². The van der Waals surface area contributed by atoms with Gasteiger partial charge in [-0.1, -0.05) is 13.0 Å². The van der Waals surface area contributed by atoms with E-state index in [1.807, 2.05) is 12.3 Å². The highest BCUT2D eigenvalue weighted by molar-refractivity contribution is 5.38. The zero-order chi connectivity index (χ0) is 13.8. The first-order valence-electron chi connectivity index (χ1n) is 7.94. The summed E-state index contributed by atoms with van der Waals surface area (Å²) in [7, 11) is 0. The van der Waals surface area contributed by atoms with Gasteiger partial charge in [-0.15, -0.1) is 0 Å². The molecule has 4 nitrogen and oxygen atoms in total. The van der Waals surface area contributed by atoms with Gasteiger partial charge < -0.3 is 10.2 Å². The second-order valence-corrected chi connectivity index (χ2v) is 6.16. The van der Waals surface area contributed by atoms with Crippen LogP contribution in [0.2, 0.25) is 0 Å². The summed E-state index contributed by atoms with van der Waals surface area (Å²) < 4.78 is 0. The molecule has 0 saturated carbocycles. The van der Waals surface area contributed by atoms with Crippen LogP contribution in [0.15, 0.2) is 24.4 Å².